The van der Waals surface area contributed by atoms with Crippen LogP contribution in [-0.4, -0.2) is 15.8 Å². The Kier molecular flexibility index (Phi) is 17.4. The molecule has 4 N–H and O–H groups in total. The number of ketones is 1. The van der Waals surface area contributed by atoms with Gasteiger partial charge in [-0.2, -0.15) is 0 Å². The third kappa shape index (κ3) is 13.0. The average molecular weight is 371 g/mol. The van der Waals surface area contributed by atoms with Crippen molar-refractivity contribution in [1.82, 2.24) is 9.97 Å². The van der Waals surface area contributed by atoms with Crippen LogP contribution in [0.25, 0.3) is 11.0 Å². The molecule has 0 aliphatic heterocycles. The molecule has 0 spiro atoms. The number of nitrogens with zero attached hydrogens (tertiary/aromatic N) is 2. The molecule has 0 aliphatic rings. The minimum Gasteiger partial charge on any atom is -0.397 e. The Morgan fingerprint density at radius 3 is 1.33 bits per heavy atom. The topological polar surface area (TPSA) is 94.9 Å². The quantitative estimate of drug-likeness (QED) is 0.550. The van der Waals surface area contributed by atoms with Crippen molar-refractivity contribution in [3.05, 3.63) is 60.9 Å². The Hall–Kier alpha value is -2.95. The van der Waals surface area contributed by atoms with Crippen molar-refractivity contribution in [3.63, 3.8) is 0 Å². The lowest BCUT2D eigenvalue weighted by atomic mass is 10.3. The predicted molar refractivity (Wildman–Crippen MR) is 118 cm³/mol. The summed E-state index contributed by atoms with van der Waals surface area (Å²) in [7, 11) is 0. The van der Waals surface area contributed by atoms with Gasteiger partial charge in [-0.15, -0.1) is 0 Å². The highest BCUT2D eigenvalue weighted by molar-refractivity contribution is 5.75. The molecule has 0 bridgehead atoms. The summed E-state index contributed by atoms with van der Waals surface area (Å²) in [5.41, 5.74) is 14.0. The minimum atomic E-state index is 0.255. The number of aromatic nitrogens is 2. The van der Waals surface area contributed by atoms with Crippen molar-refractivity contribution < 1.29 is 4.79 Å². The molecular formula is C22H34N4O. The number of carbonyl (C=O) groups is 1. The summed E-state index contributed by atoms with van der Waals surface area (Å²) >= 11 is 0. The van der Waals surface area contributed by atoms with E-state index in [4.69, 9.17) is 11.5 Å². The number of nitrogen functional groups attached to an aromatic ring is 2. The van der Waals surface area contributed by atoms with Crippen molar-refractivity contribution >= 4 is 28.2 Å². The van der Waals surface area contributed by atoms with Gasteiger partial charge in [0.15, 0.2) is 0 Å². The van der Waals surface area contributed by atoms with Crippen LogP contribution in [0, 0.1) is 0 Å². The molecule has 0 unspecified atom stereocenters. The molecule has 1 aromatic heterocycles. The minimum absolute atomic E-state index is 0.255. The fourth-order valence-electron chi connectivity index (χ4n) is 1.42. The molecule has 27 heavy (non-hydrogen) atoms. The highest BCUT2D eigenvalue weighted by Crippen LogP contribution is 2.10. The van der Waals surface area contributed by atoms with E-state index < -0.39 is 0 Å². The zero-order valence-electron chi connectivity index (χ0n) is 17.4. The maximum Gasteiger partial charge on any atom is 0.129 e. The lowest BCUT2D eigenvalue weighted by molar-refractivity contribution is -0.116. The summed E-state index contributed by atoms with van der Waals surface area (Å²) < 4.78 is 0. The zero-order chi connectivity index (χ0) is 21.1. The van der Waals surface area contributed by atoms with Gasteiger partial charge in [-0.1, -0.05) is 58.9 Å². The summed E-state index contributed by atoms with van der Waals surface area (Å²) in [4.78, 5) is 18.0. The second-order valence-electron chi connectivity index (χ2n) is 4.73. The fraction of sp³-hybridized carbons (Fsp3) is 0.318. The zero-order valence-corrected chi connectivity index (χ0v) is 17.4. The maximum atomic E-state index is 9.81. The van der Waals surface area contributed by atoms with Gasteiger partial charge in [-0.05, 0) is 31.2 Å². The summed E-state index contributed by atoms with van der Waals surface area (Å²) in [6.07, 6.45) is 4.06. The number of hydrogen-bond acceptors (Lipinski definition) is 5. The molecule has 148 valence electrons. The maximum absolute atomic E-state index is 9.81. The average Bonchev–Trinajstić information content (AvgIpc) is 2.74. The molecule has 3 aromatic rings. The summed E-state index contributed by atoms with van der Waals surface area (Å²) in [6, 6.07) is 15.1. The number of carbonyl (C=O) groups excluding carboxylic acids is 1. The number of fused-ring (bicyclic) bond motifs is 1. The van der Waals surface area contributed by atoms with Crippen LogP contribution in [0.5, 0.6) is 0 Å². The molecule has 5 nitrogen and oxygen atoms in total. The van der Waals surface area contributed by atoms with Crippen LogP contribution in [0.1, 0.15) is 48.0 Å². The highest BCUT2D eigenvalue weighted by atomic mass is 16.1. The monoisotopic (exact) mass is 370 g/mol. The normalized spacial score (nSPS) is 8.22. The molecular weight excluding hydrogens is 336 g/mol. The van der Waals surface area contributed by atoms with E-state index in [0.29, 0.717) is 17.8 Å². The number of nitrogens with two attached hydrogens (primary N) is 2. The number of Topliss-reactive ketones (excluding diaryl/α,β-unsaturated/α-hetero) is 1. The molecule has 0 atom stereocenters. The fourth-order valence-corrected chi connectivity index (χ4v) is 1.42. The Bertz CT molecular complexity index is 658. The first-order valence-corrected chi connectivity index (χ1v) is 9.29. The molecule has 0 saturated heterocycles. The van der Waals surface area contributed by atoms with Crippen molar-refractivity contribution in [3.8, 4) is 0 Å². The number of benzene rings is 2. The number of anilines is 2. The lowest BCUT2D eigenvalue weighted by Crippen LogP contribution is -1.91. The van der Waals surface area contributed by atoms with Gasteiger partial charge in [-0.3, -0.25) is 9.97 Å². The molecule has 0 aliphatic carbocycles. The van der Waals surface area contributed by atoms with Gasteiger partial charge in [0, 0.05) is 18.8 Å². The van der Waals surface area contributed by atoms with E-state index in [-0.39, 0.29) is 5.78 Å². The van der Waals surface area contributed by atoms with E-state index in [1.807, 2.05) is 71.0 Å². The Balaban J connectivity index is 0. The van der Waals surface area contributed by atoms with Gasteiger partial charge >= 0.3 is 0 Å². The van der Waals surface area contributed by atoms with Crippen molar-refractivity contribution in [2.24, 2.45) is 0 Å². The first-order chi connectivity index (χ1) is 13.0. The van der Waals surface area contributed by atoms with Crippen LogP contribution in [0.15, 0.2) is 60.9 Å². The highest BCUT2D eigenvalue weighted by Gasteiger charge is 1.88. The SMILES string of the molecule is CC.CC.CCC(C)=O.Nc1ccccc1N.c1ccc2nccnc2c1. The second kappa shape index (κ2) is 17.9. The molecule has 3 rings (SSSR count). The Morgan fingerprint density at radius 1 is 0.778 bits per heavy atom. The van der Waals surface area contributed by atoms with Crippen LogP contribution in [0.3, 0.4) is 0 Å². The number of rotatable bonds is 1. The Labute approximate surface area is 163 Å². The molecule has 2 aromatic carbocycles. The standard InChI is InChI=1S/C8H6N2.C6H8N2.C4H8O.2C2H6/c1-2-4-8-7(3-1)9-5-6-10-8;7-5-3-1-2-4-6(5)8;1-3-4(2)5;2*1-2/h1-6H;1-4H,7-8H2;3H2,1-2H3;2*1-2H3. The number of hydrogen-bond donors (Lipinski definition) is 2. The van der Waals surface area contributed by atoms with E-state index in [1.165, 1.54) is 0 Å². The molecule has 0 amide bonds. The van der Waals surface area contributed by atoms with E-state index in [0.717, 1.165) is 11.0 Å². The Morgan fingerprint density at radius 2 is 1.07 bits per heavy atom. The first kappa shape index (κ1) is 26.3. The van der Waals surface area contributed by atoms with Crippen LogP contribution in [0.4, 0.5) is 11.4 Å². The summed E-state index contributed by atoms with van der Waals surface area (Å²) in [6.45, 7) is 11.4. The summed E-state index contributed by atoms with van der Waals surface area (Å²) in [5, 5.41) is 0. The summed E-state index contributed by atoms with van der Waals surface area (Å²) in [5.74, 6) is 0.255. The first-order valence-electron chi connectivity index (χ1n) is 9.29. The van der Waals surface area contributed by atoms with Gasteiger partial charge in [-0.25, -0.2) is 0 Å². The molecule has 0 saturated carbocycles. The smallest absolute Gasteiger partial charge is 0.129 e. The van der Waals surface area contributed by atoms with Gasteiger partial charge in [0.05, 0.1) is 22.4 Å². The van der Waals surface area contributed by atoms with E-state index in [9.17, 15) is 4.79 Å². The molecule has 0 radical (unpaired) electrons. The number of para-hydroxylation sites is 4. The predicted octanol–water partition coefficient (Wildman–Crippen LogP) is 5.52. The van der Waals surface area contributed by atoms with Crippen LogP contribution >= 0.6 is 0 Å². The molecule has 0 fully saturated rings. The van der Waals surface area contributed by atoms with Gasteiger partial charge in [0.2, 0.25) is 0 Å². The lowest BCUT2D eigenvalue weighted by Gasteiger charge is -1.94. The largest absolute Gasteiger partial charge is 0.397 e. The van der Waals surface area contributed by atoms with E-state index in [2.05, 4.69) is 9.97 Å². The van der Waals surface area contributed by atoms with Crippen molar-refractivity contribution in [2.45, 2.75) is 48.0 Å². The van der Waals surface area contributed by atoms with E-state index >= 15 is 0 Å². The molecule has 5 heteroatoms. The van der Waals surface area contributed by atoms with Gasteiger partial charge in [0.1, 0.15) is 5.78 Å². The van der Waals surface area contributed by atoms with Gasteiger partial charge < -0.3 is 16.3 Å². The third-order valence-corrected chi connectivity index (χ3v) is 2.87. The van der Waals surface area contributed by atoms with Gasteiger partial charge in [0.25, 0.3) is 0 Å². The second-order valence-corrected chi connectivity index (χ2v) is 4.73. The molecule has 1 heterocycles. The third-order valence-electron chi connectivity index (χ3n) is 2.87. The van der Waals surface area contributed by atoms with Crippen LogP contribution in [0.2, 0.25) is 0 Å². The van der Waals surface area contributed by atoms with E-state index in [1.54, 1.807) is 31.5 Å². The van der Waals surface area contributed by atoms with Crippen LogP contribution < -0.4 is 11.5 Å². The van der Waals surface area contributed by atoms with Crippen LogP contribution in [-0.2, 0) is 4.79 Å². The van der Waals surface area contributed by atoms with Crippen molar-refractivity contribution in [1.29, 1.82) is 0 Å². The van der Waals surface area contributed by atoms with Crippen molar-refractivity contribution in [2.75, 3.05) is 11.5 Å².